The second kappa shape index (κ2) is 10.3. The Hall–Kier alpha value is -4.00. The maximum atomic E-state index is 13.1. The van der Waals surface area contributed by atoms with E-state index in [1.807, 2.05) is 4.90 Å². The molecule has 0 spiro atoms. The molecule has 0 aliphatic carbocycles. The van der Waals surface area contributed by atoms with Gasteiger partial charge in [0.2, 0.25) is 5.76 Å². The van der Waals surface area contributed by atoms with Crippen LogP contribution in [0.3, 0.4) is 0 Å². The fourth-order valence-electron chi connectivity index (χ4n) is 3.58. The number of nitrogens with zero attached hydrogens (tertiary/aromatic N) is 4. The summed E-state index contributed by atoms with van der Waals surface area (Å²) in [5.41, 5.74) is -0.461. The van der Waals surface area contributed by atoms with Crippen LogP contribution in [0.15, 0.2) is 41.2 Å². The van der Waals surface area contributed by atoms with Crippen molar-refractivity contribution in [3.63, 3.8) is 0 Å². The molecule has 190 valence electrons. The van der Waals surface area contributed by atoms with Gasteiger partial charge in [-0.25, -0.2) is 9.97 Å². The number of hydrogen-bond acceptors (Lipinski definition) is 8. The van der Waals surface area contributed by atoms with E-state index in [-0.39, 0.29) is 28.4 Å². The predicted molar refractivity (Wildman–Crippen MR) is 122 cm³/mol. The predicted octanol–water partition coefficient (Wildman–Crippen LogP) is 3.37. The van der Waals surface area contributed by atoms with Crippen LogP contribution < -0.4 is 15.5 Å². The van der Waals surface area contributed by atoms with Crippen LogP contribution in [0, 0.1) is 6.92 Å². The molecule has 13 heteroatoms. The standard InChI is InChI=1S/C23H23F3N6O4/c1-13-3-4-15(9-16(13)23(24,25)26)30-22(34)19-10-17(31-36-19)14(2)29-21(33)18-11-20(28-12-27-18)32-5-7-35-8-6-32/h3-4,9-12,14H,5-8H2,1-2H3,(H,29,33)(H,30,34)/t14-/m1/s1. The fourth-order valence-corrected chi connectivity index (χ4v) is 3.58. The minimum absolute atomic E-state index is 0.0350. The minimum atomic E-state index is -4.55. The van der Waals surface area contributed by atoms with Gasteiger partial charge in [0.15, 0.2) is 0 Å². The first kappa shape index (κ1) is 25.1. The zero-order chi connectivity index (χ0) is 25.9. The summed E-state index contributed by atoms with van der Waals surface area (Å²) in [6, 6.07) is 5.69. The molecule has 2 aromatic heterocycles. The lowest BCUT2D eigenvalue weighted by Gasteiger charge is -2.27. The number of aromatic nitrogens is 3. The maximum Gasteiger partial charge on any atom is 0.416 e. The van der Waals surface area contributed by atoms with Crippen molar-refractivity contribution in [2.24, 2.45) is 0 Å². The highest BCUT2D eigenvalue weighted by Crippen LogP contribution is 2.33. The van der Waals surface area contributed by atoms with E-state index < -0.39 is 29.6 Å². The highest BCUT2D eigenvalue weighted by Gasteiger charge is 2.32. The van der Waals surface area contributed by atoms with Gasteiger partial charge in [-0.05, 0) is 31.5 Å². The number of alkyl halides is 3. The van der Waals surface area contributed by atoms with Gasteiger partial charge < -0.3 is 24.8 Å². The number of morpholine rings is 1. The second-order valence-corrected chi connectivity index (χ2v) is 8.15. The summed E-state index contributed by atoms with van der Waals surface area (Å²) in [4.78, 5) is 35.4. The number of ether oxygens (including phenoxy) is 1. The second-order valence-electron chi connectivity index (χ2n) is 8.15. The molecule has 0 saturated carbocycles. The number of amides is 2. The van der Waals surface area contributed by atoms with Gasteiger partial charge in [0.1, 0.15) is 23.5 Å². The Labute approximate surface area is 203 Å². The number of nitrogens with one attached hydrogen (secondary N) is 2. The molecule has 0 radical (unpaired) electrons. The van der Waals surface area contributed by atoms with Gasteiger partial charge in [0.25, 0.3) is 11.8 Å². The van der Waals surface area contributed by atoms with E-state index in [0.717, 1.165) is 6.07 Å². The number of halogens is 3. The summed E-state index contributed by atoms with van der Waals surface area (Å²) in [5, 5.41) is 8.89. The normalized spacial score (nSPS) is 14.9. The number of rotatable bonds is 6. The molecule has 1 saturated heterocycles. The van der Waals surface area contributed by atoms with Gasteiger partial charge in [-0.3, -0.25) is 9.59 Å². The molecular weight excluding hydrogens is 481 g/mol. The van der Waals surface area contributed by atoms with Crippen LogP contribution in [0.2, 0.25) is 0 Å². The number of carbonyl (C=O) groups excluding carboxylic acids is 2. The van der Waals surface area contributed by atoms with Gasteiger partial charge >= 0.3 is 6.18 Å². The monoisotopic (exact) mass is 504 g/mol. The minimum Gasteiger partial charge on any atom is -0.378 e. The van der Waals surface area contributed by atoms with Crippen LogP contribution in [0.1, 0.15) is 50.8 Å². The zero-order valence-corrected chi connectivity index (χ0v) is 19.4. The highest BCUT2D eigenvalue weighted by molar-refractivity contribution is 6.02. The van der Waals surface area contributed by atoms with Crippen molar-refractivity contribution in [2.75, 3.05) is 36.5 Å². The Morgan fingerprint density at radius 1 is 1.08 bits per heavy atom. The summed E-state index contributed by atoms with van der Waals surface area (Å²) in [7, 11) is 0. The van der Waals surface area contributed by atoms with Gasteiger partial charge in [-0.2, -0.15) is 13.2 Å². The summed E-state index contributed by atoms with van der Waals surface area (Å²) in [6.07, 6.45) is -3.25. The van der Waals surface area contributed by atoms with E-state index in [9.17, 15) is 22.8 Å². The van der Waals surface area contributed by atoms with Crippen molar-refractivity contribution in [1.29, 1.82) is 0 Å². The van der Waals surface area contributed by atoms with Crippen LogP contribution in [0.4, 0.5) is 24.7 Å². The molecule has 1 aliphatic heterocycles. The molecule has 36 heavy (non-hydrogen) atoms. The number of carbonyl (C=O) groups is 2. The molecule has 2 N–H and O–H groups in total. The number of hydrogen-bond donors (Lipinski definition) is 2. The average Bonchev–Trinajstić information content (AvgIpc) is 3.36. The topological polar surface area (TPSA) is 122 Å². The lowest BCUT2D eigenvalue weighted by Crippen LogP contribution is -2.37. The molecule has 3 heterocycles. The number of anilines is 2. The van der Waals surface area contributed by atoms with Crippen molar-refractivity contribution in [1.82, 2.24) is 20.4 Å². The first-order valence-electron chi connectivity index (χ1n) is 11.0. The average molecular weight is 504 g/mol. The third kappa shape index (κ3) is 5.79. The first-order chi connectivity index (χ1) is 17.1. The Balaban J connectivity index is 1.40. The maximum absolute atomic E-state index is 13.1. The van der Waals surface area contributed by atoms with E-state index in [1.165, 1.54) is 31.5 Å². The highest BCUT2D eigenvalue weighted by atomic mass is 19.4. The largest absolute Gasteiger partial charge is 0.416 e. The number of benzene rings is 1. The van der Waals surface area contributed by atoms with E-state index in [0.29, 0.717) is 32.1 Å². The van der Waals surface area contributed by atoms with Gasteiger partial charge in [0, 0.05) is 30.9 Å². The molecule has 1 aromatic carbocycles. The van der Waals surface area contributed by atoms with Crippen molar-refractivity contribution in [3.05, 3.63) is 64.9 Å². The lowest BCUT2D eigenvalue weighted by atomic mass is 10.1. The molecule has 0 unspecified atom stereocenters. The summed E-state index contributed by atoms with van der Waals surface area (Å²) in [6.45, 7) is 5.40. The summed E-state index contributed by atoms with van der Waals surface area (Å²) < 4.78 is 49.8. The smallest absolute Gasteiger partial charge is 0.378 e. The van der Waals surface area contributed by atoms with Crippen molar-refractivity contribution in [2.45, 2.75) is 26.1 Å². The summed E-state index contributed by atoms with van der Waals surface area (Å²) in [5.74, 6) is -0.879. The van der Waals surface area contributed by atoms with Gasteiger partial charge in [0.05, 0.1) is 24.8 Å². The molecule has 1 fully saturated rings. The van der Waals surface area contributed by atoms with Crippen molar-refractivity contribution >= 4 is 23.3 Å². The van der Waals surface area contributed by atoms with Crippen molar-refractivity contribution in [3.8, 4) is 0 Å². The Morgan fingerprint density at radius 3 is 2.56 bits per heavy atom. The SMILES string of the molecule is Cc1ccc(NC(=O)c2cc([C@@H](C)NC(=O)c3cc(N4CCOCC4)ncn3)no2)cc1C(F)(F)F. The Bertz CT molecular complexity index is 1260. The van der Waals surface area contributed by atoms with Crippen LogP contribution in [-0.2, 0) is 10.9 Å². The van der Waals surface area contributed by atoms with E-state index >= 15 is 0 Å². The third-order valence-corrected chi connectivity index (χ3v) is 5.56. The van der Waals surface area contributed by atoms with E-state index in [4.69, 9.17) is 9.26 Å². The molecule has 10 nitrogen and oxygen atoms in total. The van der Waals surface area contributed by atoms with Crippen molar-refractivity contribution < 1.29 is 32.0 Å². The zero-order valence-electron chi connectivity index (χ0n) is 19.4. The Kier molecular flexibility index (Phi) is 7.20. The van der Waals surface area contributed by atoms with Gasteiger partial charge in [-0.15, -0.1) is 0 Å². The molecular formula is C23H23F3N6O4. The third-order valence-electron chi connectivity index (χ3n) is 5.56. The molecule has 3 aromatic rings. The molecule has 1 atom stereocenters. The molecule has 1 aliphatic rings. The van der Waals surface area contributed by atoms with E-state index in [1.54, 1.807) is 13.0 Å². The fraction of sp³-hybridized carbons (Fsp3) is 0.348. The quantitative estimate of drug-likeness (QED) is 0.524. The van der Waals surface area contributed by atoms with E-state index in [2.05, 4.69) is 25.8 Å². The lowest BCUT2D eigenvalue weighted by molar-refractivity contribution is -0.138. The Morgan fingerprint density at radius 2 is 1.83 bits per heavy atom. The first-order valence-corrected chi connectivity index (χ1v) is 11.0. The van der Waals surface area contributed by atoms with Crippen LogP contribution in [-0.4, -0.2) is 53.2 Å². The van der Waals surface area contributed by atoms with Crippen LogP contribution >= 0.6 is 0 Å². The van der Waals surface area contributed by atoms with Gasteiger partial charge in [-0.1, -0.05) is 11.2 Å². The number of aryl methyl sites for hydroxylation is 1. The van der Waals surface area contributed by atoms with Crippen LogP contribution in [0.5, 0.6) is 0 Å². The van der Waals surface area contributed by atoms with Crippen LogP contribution in [0.25, 0.3) is 0 Å². The summed E-state index contributed by atoms with van der Waals surface area (Å²) >= 11 is 0. The molecule has 4 rings (SSSR count). The molecule has 0 bridgehead atoms. The molecule has 2 amide bonds.